The van der Waals surface area contributed by atoms with Crippen LogP contribution in [0.4, 0.5) is 0 Å². The number of hydrogen-bond donors (Lipinski definition) is 2. The number of piperidine rings is 1. The van der Waals surface area contributed by atoms with Crippen molar-refractivity contribution in [1.29, 1.82) is 0 Å². The first-order valence-electron chi connectivity index (χ1n) is 6.18. The topological polar surface area (TPSA) is 100 Å². The Morgan fingerprint density at radius 2 is 2.00 bits per heavy atom. The van der Waals surface area contributed by atoms with Crippen LogP contribution in [0.5, 0.6) is 0 Å². The zero-order chi connectivity index (χ0) is 13.5. The predicted octanol–water partition coefficient (Wildman–Crippen LogP) is -1.67. The third-order valence-electron chi connectivity index (χ3n) is 3.60. The minimum absolute atomic E-state index is 0.0354. The van der Waals surface area contributed by atoms with Crippen molar-refractivity contribution in [2.24, 2.45) is 5.10 Å². The van der Waals surface area contributed by atoms with Gasteiger partial charge in [-0.05, 0) is 0 Å². The summed E-state index contributed by atoms with van der Waals surface area (Å²) in [5.41, 5.74) is 1.90. The smallest absolute Gasteiger partial charge is 0.270 e. The molecule has 0 aromatic carbocycles. The fraction of sp³-hybridized carbons (Fsp3) is 0.636. The van der Waals surface area contributed by atoms with Crippen LogP contribution in [-0.4, -0.2) is 53.8 Å². The van der Waals surface area contributed by atoms with E-state index in [1.165, 1.54) is 0 Å². The van der Waals surface area contributed by atoms with Crippen LogP contribution in [0.1, 0.15) is 19.3 Å². The first-order chi connectivity index (χ1) is 9.08. The maximum absolute atomic E-state index is 12.1. The number of amides is 3. The Kier molecular flexibility index (Phi) is 2.74. The molecule has 0 aliphatic carbocycles. The van der Waals surface area contributed by atoms with Gasteiger partial charge in [0.15, 0.2) is 0 Å². The molecule has 0 aromatic rings. The van der Waals surface area contributed by atoms with Crippen LogP contribution in [0, 0.1) is 0 Å². The third kappa shape index (κ3) is 2.19. The number of rotatable bonds is 1. The molecular weight excluding hydrogens is 252 g/mol. The summed E-state index contributed by atoms with van der Waals surface area (Å²) >= 11 is 0. The van der Waals surface area contributed by atoms with E-state index in [0.29, 0.717) is 25.9 Å². The maximum atomic E-state index is 12.1. The maximum Gasteiger partial charge on any atom is 0.270 e. The Bertz CT molecular complexity index is 479. The van der Waals surface area contributed by atoms with Crippen LogP contribution in [0.2, 0.25) is 0 Å². The first kappa shape index (κ1) is 12.1. The average Bonchev–Trinajstić information content (AvgIpc) is 2.97. The van der Waals surface area contributed by atoms with Gasteiger partial charge in [0.05, 0.1) is 6.42 Å². The van der Waals surface area contributed by atoms with Crippen LogP contribution in [0.25, 0.3) is 0 Å². The van der Waals surface area contributed by atoms with Gasteiger partial charge in [0, 0.05) is 25.9 Å². The van der Waals surface area contributed by atoms with E-state index in [4.69, 9.17) is 4.74 Å². The molecule has 2 fully saturated rings. The van der Waals surface area contributed by atoms with E-state index in [1.54, 1.807) is 4.90 Å². The SMILES string of the molecule is O=C1CC(C(=O)N2CCC3(CC2)NC(=O)CO3)=NN1. The molecule has 0 bridgehead atoms. The standard InChI is InChI=1S/C11H14N4O4/c16-8-5-7(13-14-8)10(18)15-3-1-11(2-4-15)12-9(17)6-19-11/h1-6H2,(H,12,17)(H,14,16). The molecule has 102 valence electrons. The van der Waals surface area contributed by atoms with E-state index in [0.717, 1.165) is 0 Å². The molecule has 19 heavy (non-hydrogen) atoms. The van der Waals surface area contributed by atoms with Crippen molar-refractivity contribution >= 4 is 23.4 Å². The molecule has 0 unspecified atom stereocenters. The molecule has 2 saturated heterocycles. The molecule has 3 rings (SSSR count). The predicted molar refractivity (Wildman–Crippen MR) is 62.8 cm³/mol. The largest absolute Gasteiger partial charge is 0.346 e. The Hall–Kier alpha value is -1.96. The van der Waals surface area contributed by atoms with Crippen LogP contribution in [0.15, 0.2) is 5.10 Å². The summed E-state index contributed by atoms with van der Waals surface area (Å²) in [4.78, 5) is 35.9. The molecular formula is C11H14N4O4. The number of hydrogen-bond acceptors (Lipinski definition) is 5. The summed E-state index contributed by atoms with van der Waals surface area (Å²) in [6.07, 6.45) is 1.14. The molecule has 3 amide bonds. The van der Waals surface area contributed by atoms with Crippen molar-refractivity contribution in [3.05, 3.63) is 0 Å². The summed E-state index contributed by atoms with van der Waals surface area (Å²) in [7, 11) is 0. The first-order valence-corrected chi connectivity index (χ1v) is 6.18. The highest BCUT2D eigenvalue weighted by atomic mass is 16.5. The van der Waals surface area contributed by atoms with E-state index in [1.807, 2.05) is 0 Å². The molecule has 0 radical (unpaired) electrons. The van der Waals surface area contributed by atoms with Crippen molar-refractivity contribution in [3.8, 4) is 0 Å². The van der Waals surface area contributed by atoms with Crippen molar-refractivity contribution in [2.45, 2.75) is 25.0 Å². The van der Waals surface area contributed by atoms with Gasteiger partial charge in [-0.15, -0.1) is 0 Å². The normalized spacial score (nSPS) is 25.3. The quantitative estimate of drug-likeness (QED) is 0.592. The fourth-order valence-corrected chi connectivity index (χ4v) is 2.54. The van der Waals surface area contributed by atoms with E-state index in [9.17, 15) is 14.4 Å². The third-order valence-corrected chi connectivity index (χ3v) is 3.60. The van der Waals surface area contributed by atoms with Gasteiger partial charge in [0.25, 0.3) is 5.91 Å². The lowest BCUT2D eigenvalue weighted by Gasteiger charge is -2.37. The zero-order valence-corrected chi connectivity index (χ0v) is 10.3. The van der Waals surface area contributed by atoms with Gasteiger partial charge in [0.2, 0.25) is 11.8 Å². The number of carbonyl (C=O) groups excluding carboxylic acids is 3. The minimum Gasteiger partial charge on any atom is -0.346 e. The molecule has 0 aromatic heterocycles. The summed E-state index contributed by atoms with van der Waals surface area (Å²) in [6.45, 7) is 1.04. The van der Waals surface area contributed by atoms with Crippen LogP contribution < -0.4 is 10.7 Å². The molecule has 3 aliphatic rings. The van der Waals surface area contributed by atoms with Gasteiger partial charge in [-0.2, -0.15) is 5.10 Å². The number of nitrogens with zero attached hydrogens (tertiary/aromatic N) is 2. The van der Waals surface area contributed by atoms with Gasteiger partial charge in [-0.25, -0.2) is 5.43 Å². The Morgan fingerprint density at radius 1 is 1.26 bits per heavy atom. The van der Waals surface area contributed by atoms with Crippen LogP contribution >= 0.6 is 0 Å². The second-order valence-electron chi connectivity index (χ2n) is 4.89. The van der Waals surface area contributed by atoms with Gasteiger partial charge in [0.1, 0.15) is 18.0 Å². The molecule has 3 heterocycles. The van der Waals surface area contributed by atoms with Gasteiger partial charge in [-0.3, -0.25) is 14.4 Å². The summed E-state index contributed by atoms with van der Waals surface area (Å²) in [5.74, 6) is -0.601. The van der Waals surface area contributed by atoms with Crippen molar-refractivity contribution in [2.75, 3.05) is 19.7 Å². The van der Waals surface area contributed by atoms with E-state index in [2.05, 4.69) is 15.8 Å². The fourth-order valence-electron chi connectivity index (χ4n) is 2.54. The monoisotopic (exact) mass is 266 g/mol. The Labute approximate surface area is 109 Å². The molecule has 8 nitrogen and oxygen atoms in total. The second kappa shape index (κ2) is 4.30. The highest BCUT2D eigenvalue weighted by molar-refractivity contribution is 6.43. The number of hydrazone groups is 1. The molecule has 2 N–H and O–H groups in total. The lowest BCUT2D eigenvalue weighted by Crippen LogP contribution is -2.54. The van der Waals surface area contributed by atoms with E-state index in [-0.39, 0.29) is 36.5 Å². The highest BCUT2D eigenvalue weighted by Crippen LogP contribution is 2.27. The number of nitrogens with one attached hydrogen (secondary N) is 2. The van der Waals surface area contributed by atoms with Crippen molar-refractivity contribution in [3.63, 3.8) is 0 Å². The lowest BCUT2D eigenvalue weighted by molar-refractivity contribution is -0.130. The van der Waals surface area contributed by atoms with Crippen molar-refractivity contribution in [1.82, 2.24) is 15.6 Å². The summed E-state index contributed by atoms with van der Waals surface area (Å²) in [6, 6.07) is 0. The average molecular weight is 266 g/mol. The number of ether oxygens (including phenoxy) is 1. The van der Waals surface area contributed by atoms with Gasteiger partial charge >= 0.3 is 0 Å². The molecule has 3 aliphatic heterocycles. The second-order valence-corrected chi connectivity index (χ2v) is 4.89. The zero-order valence-electron chi connectivity index (χ0n) is 10.3. The molecule has 8 heteroatoms. The highest BCUT2D eigenvalue weighted by Gasteiger charge is 2.43. The lowest BCUT2D eigenvalue weighted by atomic mass is 10.00. The molecule has 1 spiro atoms. The molecule has 0 atom stereocenters. The molecule has 0 saturated carbocycles. The van der Waals surface area contributed by atoms with Crippen molar-refractivity contribution < 1.29 is 19.1 Å². The Balaban J connectivity index is 1.60. The summed E-state index contributed by atoms with van der Waals surface area (Å²) < 4.78 is 5.47. The number of carbonyl (C=O) groups is 3. The van der Waals surface area contributed by atoms with E-state index >= 15 is 0 Å². The minimum atomic E-state index is -0.612. The van der Waals surface area contributed by atoms with Gasteiger partial charge in [-0.1, -0.05) is 0 Å². The summed E-state index contributed by atoms with van der Waals surface area (Å²) in [5, 5.41) is 6.53. The van der Waals surface area contributed by atoms with Gasteiger partial charge < -0.3 is 15.0 Å². The van der Waals surface area contributed by atoms with Crippen LogP contribution in [-0.2, 0) is 19.1 Å². The Morgan fingerprint density at radius 3 is 2.53 bits per heavy atom. The van der Waals surface area contributed by atoms with Crippen LogP contribution in [0.3, 0.4) is 0 Å². The number of likely N-dealkylation sites (tertiary alicyclic amines) is 1. The van der Waals surface area contributed by atoms with E-state index < -0.39 is 5.72 Å².